The quantitative estimate of drug-likeness (QED) is 0.175. The molecule has 1 aliphatic rings. The average molecular weight is 593 g/mol. The Bertz CT molecular complexity index is 1140. The second-order valence-electron chi connectivity index (χ2n) is 13.0. The molecule has 1 unspecified atom stereocenters. The van der Waals surface area contributed by atoms with E-state index in [9.17, 15) is 23.3 Å². The van der Waals surface area contributed by atoms with Crippen LogP contribution in [-0.4, -0.2) is 46.6 Å². The van der Waals surface area contributed by atoms with Gasteiger partial charge in [-0.2, -0.15) is 13.2 Å². The summed E-state index contributed by atoms with van der Waals surface area (Å²) in [6, 6.07) is 7.10. The Morgan fingerprint density at radius 3 is 2.43 bits per heavy atom. The number of rotatable bonds is 14. The first-order chi connectivity index (χ1) is 19.7. The van der Waals surface area contributed by atoms with Crippen molar-refractivity contribution in [1.82, 2.24) is 9.88 Å². The highest BCUT2D eigenvalue weighted by atomic mass is 19.4. The van der Waals surface area contributed by atoms with Gasteiger partial charge in [-0.25, -0.2) is 4.98 Å². The SMILES string of the molecule is CCCN(CCC(C)CCc1ccnc(OC2CCC(Nc3ccc([N+](=O)[O-])c(C(F)(F)F)c3)CC2)c1)CC(C)(C)C. The van der Waals surface area contributed by atoms with Crippen molar-refractivity contribution in [1.29, 1.82) is 0 Å². The molecule has 1 atom stereocenters. The van der Waals surface area contributed by atoms with E-state index in [0.29, 0.717) is 30.1 Å². The molecule has 0 radical (unpaired) electrons. The monoisotopic (exact) mass is 592 g/mol. The van der Waals surface area contributed by atoms with Crippen LogP contribution in [0.4, 0.5) is 24.5 Å². The molecule has 1 aliphatic carbocycles. The minimum Gasteiger partial charge on any atom is -0.474 e. The first kappa shape index (κ1) is 33.6. The lowest BCUT2D eigenvalue weighted by Gasteiger charge is -2.30. The van der Waals surface area contributed by atoms with Crippen LogP contribution in [0.5, 0.6) is 5.88 Å². The van der Waals surface area contributed by atoms with Crippen LogP contribution in [0.15, 0.2) is 36.5 Å². The Morgan fingerprint density at radius 2 is 1.81 bits per heavy atom. The smallest absolute Gasteiger partial charge is 0.423 e. The molecule has 0 amide bonds. The van der Waals surface area contributed by atoms with Gasteiger partial charge in [0.15, 0.2) is 0 Å². The number of alkyl halides is 3. The number of aryl methyl sites for hydroxylation is 1. The van der Waals surface area contributed by atoms with Crippen molar-refractivity contribution in [3.05, 3.63) is 57.8 Å². The molecule has 1 fully saturated rings. The predicted molar refractivity (Wildman–Crippen MR) is 161 cm³/mol. The van der Waals surface area contributed by atoms with Crippen molar-refractivity contribution in [2.45, 2.75) is 104 Å². The van der Waals surface area contributed by atoms with Gasteiger partial charge in [0.1, 0.15) is 11.7 Å². The molecule has 10 heteroatoms. The topological polar surface area (TPSA) is 80.5 Å². The van der Waals surface area contributed by atoms with Crippen LogP contribution >= 0.6 is 0 Å². The minimum absolute atomic E-state index is 0.0142. The van der Waals surface area contributed by atoms with Gasteiger partial charge in [0.05, 0.1) is 4.92 Å². The normalized spacial score (nSPS) is 18.6. The molecule has 2 aromatic rings. The van der Waals surface area contributed by atoms with Crippen molar-refractivity contribution in [3.8, 4) is 5.88 Å². The standard InChI is InChI=1S/C32H47F3N4O3/c1-6-18-38(22-31(3,4)5)19-16-23(2)7-8-24-15-17-36-30(20-24)42-27-12-9-25(10-13-27)37-26-11-14-29(39(40)41)28(21-26)32(33,34)35/h11,14-15,17,20-21,23,25,27,37H,6-10,12-13,16,18-19,22H2,1-5H3. The lowest BCUT2D eigenvalue weighted by atomic mass is 9.92. The van der Waals surface area contributed by atoms with E-state index in [-0.39, 0.29) is 17.8 Å². The molecule has 0 bridgehead atoms. The zero-order chi connectivity index (χ0) is 30.9. The fraction of sp³-hybridized carbons (Fsp3) is 0.656. The van der Waals surface area contributed by atoms with Gasteiger partial charge in [0, 0.05) is 36.6 Å². The van der Waals surface area contributed by atoms with Crippen LogP contribution in [0.1, 0.15) is 90.7 Å². The summed E-state index contributed by atoms with van der Waals surface area (Å²) in [7, 11) is 0. The van der Waals surface area contributed by atoms with Gasteiger partial charge in [0.25, 0.3) is 5.69 Å². The van der Waals surface area contributed by atoms with Gasteiger partial charge in [0.2, 0.25) is 5.88 Å². The maximum atomic E-state index is 13.3. The van der Waals surface area contributed by atoms with Crippen LogP contribution in [0.3, 0.4) is 0 Å². The Hall–Kier alpha value is -2.88. The number of nitro groups is 1. The van der Waals surface area contributed by atoms with Gasteiger partial charge in [-0.3, -0.25) is 10.1 Å². The van der Waals surface area contributed by atoms with Crippen molar-refractivity contribution >= 4 is 11.4 Å². The number of nitro benzene ring substituents is 1. The van der Waals surface area contributed by atoms with Crippen LogP contribution in [0.2, 0.25) is 0 Å². The van der Waals surface area contributed by atoms with Crippen molar-refractivity contribution < 1.29 is 22.8 Å². The highest BCUT2D eigenvalue weighted by Crippen LogP contribution is 2.38. The molecular formula is C32H47F3N4O3. The number of hydrogen-bond acceptors (Lipinski definition) is 6. The van der Waals surface area contributed by atoms with Crippen LogP contribution < -0.4 is 10.1 Å². The molecule has 7 nitrogen and oxygen atoms in total. The van der Waals surface area contributed by atoms with E-state index in [1.54, 1.807) is 6.20 Å². The molecule has 0 spiro atoms. The molecule has 42 heavy (non-hydrogen) atoms. The summed E-state index contributed by atoms with van der Waals surface area (Å²) in [6.45, 7) is 14.8. The first-order valence-corrected chi connectivity index (χ1v) is 15.2. The molecule has 0 saturated heterocycles. The number of anilines is 1. The molecule has 1 N–H and O–H groups in total. The van der Waals surface area contributed by atoms with Gasteiger partial charge < -0.3 is 15.0 Å². The number of benzene rings is 1. The summed E-state index contributed by atoms with van der Waals surface area (Å²) in [5.41, 5.74) is -0.442. The molecular weight excluding hydrogens is 545 g/mol. The third-order valence-corrected chi connectivity index (χ3v) is 7.73. The summed E-state index contributed by atoms with van der Waals surface area (Å²) in [5, 5.41) is 14.1. The van der Waals surface area contributed by atoms with E-state index in [0.717, 1.165) is 57.5 Å². The van der Waals surface area contributed by atoms with E-state index < -0.39 is 22.4 Å². The predicted octanol–water partition coefficient (Wildman–Crippen LogP) is 8.53. The van der Waals surface area contributed by atoms with Gasteiger partial charge in [-0.15, -0.1) is 0 Å². The molecule has 1 saturated carbocycles. The summed E-state index contributed by atoms with van der Waals surface area (Å²) in [4.78, 5) is 17.0. The van der Waals surface area contributed by atoms with Crippen molar-refractivity contribution in [2.24, 2.45) is 11.3 Å². The highest BCUT2D eigenvalue weighted by Gasteiger charge is 2.38. The maximum Gasteiger partial charge on any atom is 0.423 e. The second-order valence-corrected chi connectivity index (χ2v) is 13.0. The molecule has 3 rings (SSSR count). The Labute approximate surface area is 248 Å². The molecule has 0 aliphatic heterocycles. The second kappa shape index (κ2) is 15.0. The van der Waals surface area contributed by atoms with Crippen molar-refractivity contribution in [3.63, 3.8) is 0 Å². The summed E-state index contributed by atoms with van der Waals surface area (Å²) in [6.07, 6.45) is 4.31. The first-order valence-electron chi connectivity index (χ1n) is 15.2. The number of nitrogens with zero attached hydrogens (tertiary/aromatic N) is 3. The van der Waals surface area contributed by atoms with E-state index in [4.69, 9.17) is 4.74 Å². The van der Waals surface area contributed by atoms with Crippen LogP contribution in [0.25, 0.3) is 0 Å². The molecule has 1 aromatic carbocycles. The average Bonchev–Trinajstić information content (AvgIpc) is 2.90. The summed E-state index contributed by atoms with van der Waals surface area (Å²) >= 11 is 0. The Morgan fingerprint density at radius 1 is 1.10 bits per heavy atom. The largest absolute Gasteiger partial charge is 0.474 e. The number of hydrogen-bond donors (Lipinski definition) is 1. The maximum absolute atomic E-state index is 13.3. The molecule has 1 aromatic heterocycles. The molecule has 1 heterocycles. The summed E-state index contributed by atoms with van der Waals surface area (Å²) in [5.74, 6) is 1.23. The van der Waals surface area contributed by atoms with E-state index in [1.165, 1.54) is 24.5 Å². The minimum atomic E-state index is -4.80. The number of ether oxygens (including phenoxy) is 1. The van der Waals surface area contributed by atoms with Gasteiger partial charge >= 0.3 is 6.18 Å². The molecule has 234 valence electrons. The van der Waals surface area contributed by atoms with Crippen LogP contribution in [-0.2, 0) is 12.6 Å². The van der Waals surface area contributed by atoms with E-state index in [2.05, 4.69) is 49.8 Å². The van der Waals surface area contributed by atoms with Gasteiger partial charge in [-0.1, -0.05) is 34.6 Å². The number of nitrogens with one attached hydrogen (secondary N) is 1. The lowest BCUT2D eigenvalue weighted by molar-refractivity contribution is -0.388. The Balaban J connectivity index is 1.45. The van der Waals surface area contributed by atoms with E-state index in [1.807, 2.05) is 12.1 Å². The third-order valence-electron chi connectivity index (χ3n) is 7.73. The third kappa shape index (κ3) is 11.1. The van der Waals surface area contributed by atoms with Crippen LogP contribution in [0, 0.1) is 21.4 Å². The lowest BCUT2D eigenvalue weighted by Crippen LogP contribution is -2.34. The fourth-order valence-electron chi connectivity index (χ4n) is 5.63. The highest BCUT2D eigenvalue weighted by molar-refractivity contribution is 5.55. The fourth-order valence-corrected chi connectivity index (χ4v) is 5.63. The Kier molecular flexibility index (Phi) is 12.0. The zero-order valence-electron chi connectivity index (χ0n) is 25.7. The van der Waals surface area contributed by atoms with E-state index >= 15 is 0 Å². The number of aromatic nitrogens is 1. The summed E-state index contributed by atoms with van der Waals surface area (Å²) < 4.78 is 46.2. The van der Waals surface area contributed by atoms with Crippen molar-refractivity contribution in [2.75, 3.05) is 25.0 Å². The number of halogens is 3. The zero-order valence-corrected chi connectivity index (χ0v) is 25.7. The van der Waals surface area contributed by atoms with Gasteiger partial charge in [-0.05, 0) is 99.6 Å². The number of pyridine rings is 1.